The first kappa shape index (κ1) is 14.0. The average molecular weight is 317 g/mol. The van der Waals surface area contributed by atoms with Crippen LogP contribution in [0, 0.1) is 0 Å². The van der Waals surface area contributed by atoms with Gasteiger partial charge in [0, 0.05) is 17.3 Å². The number of nitrogens with zero attached hydrogens (tertiary/aromatic N) is 1. The number of nitrogen functional groups attached to an aromatic ring is 1. The number of para-hydroxylation sites is 1. The number of hydrogen-bond donors (Lipinski definition) is 1. The van der Waals surface area contributed by atoms with E-state index in [2.05, 4.69) is 4.98 Å². The quantitative estimate of drug-likeness (QED) is 0.748. The highest BCUT2D eigenvalue weighted by atomic mass is 35.5. The van der Waals surface area contributed by atoms with Crippen LogP contribution in [0.25, 0.3) is 10.9 Å². The van der Waals surface area contributed by atoms with Gasteiger partial charge in [0.15, 0.2) is 0 Å². The van der Waals surface area contributed by atoms with Gasteiger partial charge in [-0.15, -0.1) is 0 Å². The Kier molecular flexibility index (Phi) is 3.90. The van der Waals surface area contributed by atoms with E-state index in [1.54, 1.807) is 24.4 Å². The molecule has 0 aliphatic heterocycles. The molecule has 3 aromatic rings. The number of fused-ring (bicyclic) bond motifs is 1. The van der Waals surface area contributed by atoms with Gasteiger partial charge in [0.2, 0.25) is 0 Å². The lowest BCUT2D eigenvalue weighted by Crippen LogP contribution is -1.99. The lowest BCUT2D eigenvalue weighted by Gasteiger charge is -2.08. The van der Waals surface area contributed by atoms with Crippen molar-refractivity contribution in [2.24, 2.45) is 0 Å². The summed E-state index contributed by atoms with van der Waals surface area (Å²) < 4.78 is 12.5. The highest BCUT2D eigenvalue weighted by Crippen LogP contribution is 2.25. The van der Waals surface area contributed by atoms with Crippen LogP contribution in [0.3, 0.4) is 0 Å². The van der Waals surface area contributed by atoms with Gasteiger partial charge < -0.3 is 5.73 Å². The van der Waals surface area contributed by atoms with Crippen LogP contribution in [0.4, 0.5) is 5.69 Å². The summed E-state index contributed by atoms with van der Waals surface area (Å²) in [5, 5.41) is 1.47. The molecular weight excluding hydrogens is 304 g/mol. The molecule has 3 rings (SSSR count). The fourth-order valence-corrected chi connectivity index (χ4v) is 3.82. The third kappa shape index (κ3) is 2.91. The van der Waals surface area contributed by atoms with Crippen LogP contribution < -0.4 is 5.73 Å². The Hall–Kier alpha value is -1.91. The maximum atomic E-state index is 12.5. The molecule has 3 nitrogen and oxygen atoms in total. The highest BCUT2D eigenvalue weighted by Gasteiger charge is 2.12. The number of aromatic nitrogens is 1. The van der Waals surface area contributed by atoms with Crippen LogP contribution in [0.15, 0.2) is 59.6 Å². The molecule has 5 heteroatoms. The van der Waals surface area contributed by atoms with Gasteiger partial charge in [-0.1, -0.05) is 35.9 Å². The van der Waals surface area contributed by atoms with Gasteiger partial charge in [-0.3, -0.25) is 9.19 Å². The number of nitrogens with two attached hydrogens (primary N) is 1. The standard InChI is InChI=1S/C16H13ClN2OS/c17-14-9-13(18)6-7-15(14)21(20)10-12-4-1-3-11-5-2-8-19-16(11)12/h1-9H,10,18H2. The lowest BCUT2D eigenvalue weighted by molar-refractivity contribution is 0.683. The van der Waals surface area contributed by atoms with Crippen molar-refractivity contribution in [3.63, 3.8) is 0 Å². The van der Waals surface area contributed by atoms with E-state index in [4.69, 9.17) is 17.3 Å². The van der Waals surface area contributed by atoms with Gasteiger partial charge in [0.1, 0.15) is 0 Å². The van der Waals surface area contributed by atoms with E-state index in [0.29, 0.717) is 21.4 Å². The summed E-state index contributed by atoms with van der Waals surface area (Å²) in [5.74, 6) is 0.373. The van der Waals surface area contributed by atoms with Crippen LogP contribution >= 0.6 is 11.6 Å². The first-order valence-electron chi connectivity index (χ1n) is 6.41. The Morgan fingerprint density at radius 3 is 2.76 bits per heavy atom. The number of pyridine rings is 1. The Bertz CT molecular complexity index is 830. The van der Waals surface area contributed by atoms with Gasteiger partial charge in [-0.25, -0.2) is 0 Å². The Morgan fingerprint density at radius 1 is 1.14 bits per heavy atom. The van der Waals surface area contributed by atoms with Gasteiger partial charge in [0.25, 0.3) is 0 Å². The zero-order valence-electron chi connectivity index (χ0n) is 11.1. The first-order valence-corrected chi connectivity index (χ1v) is 8.11. The summed E-state index contributed by atoms with van der Waals surface area (Å²) in [5.41, 5.74) is 8.04. The summed E-state index contributed by atoms with van der Waals surface area (Å²) >= 11 is 6.12. The van der Waals surface area contributed by atoms with Gasteiger partial charge in [-0.05, 0) is 29.8 Å². The van der Waals surface area contributed by atoms with Crippen molar-refractivity contribution in [2.75, 3.05) is 5.73 Å². The molecule has 0 spiro atoms. The van der Waals surface area contributed by atoms with Crippen molar-refractivity contribution < 1.29 is 4.21 Å². The van der Waals surface area contributed by atoms with E-state index in [-0.39, 0.29) is 0 Å². The molecule has 1 heterocycles. The van der Waals surface area contributed by atoms with Gasteiger partial charge in [0.05, 0.1) is 32.0 Å². The summed E-state index contributed by atoms with van der Waals surface area (Å²) in [4.78, 5) is 4.97. The number of anilines is 1. The van der Waals surface area contributed by atoms with Crippen molar-refractivity contribution in [3.05, 3.63) is 65.3 Å². The van der Waals surface area contributed by atoms with E-state index in [1.807, 2.05) is 30.3 Å². The molecule has 0 bridgehead atoms. The molecule has 0 saturated carbocycles. The molecule has 0 fully saturated rings. The van der Waals surface area contributed by atoms with Crippen molar-refractivity contribution in [2.45, 2.75) is 10.6 Å². The fraction of sp³-hybridized carbons (Fsp3) is 0.0625. The third-order valence-electron chi connectivity index (χ3n) is 3.20. The number of halogens is 1. The molecule has 0 aliphatic rings. The second kappa shape index (κ2) is 5.84. The Morgan fingerprint density at radius 2 is 1.95 bits per heavy atom. The van der Waals surface area contributed by atoms with Crippen molar-refractivity contribution in [3.8, 4) is 0 Å². The average Bonchev–Trinajstić information content (AvgIpc) is 2.47. The minimum absolute atomic E-state index is 0.373. The van der Waals surface area contributed by atoms with E-state index in [9.17, 15) is 4.21 Å². The predicted molar refractivity (Wildman–Crippen MR) is 87.7 cm³/mol. The van der Waals surface area contributed by atoms with E-state index >= 15 is 0 Å². The molecule has 1 atom stereocenters. The van der Waals surface area contributed by atoms with E-state index in [1.165, 1.54) is 0 Å². The Labute approximate surface area is 130 Å². The molecule has 1 aromatic heterocycles. The summed E-state index contributed by atoms with van der Waals surface area (Å²) in [6, 6.07) is 14.8. The first-order chi connectivity index (χ1) is 10.1. The monoisotopic (exact) mass is 316 g/mol. The molecule has 2 N–H and O–H groups in total. The minimum Gasteiger partial charge on any atom is -0.399 e. The van der Waals surface area contributed by atoms with Crippen LogP contribution in [0.5, 0.6) is 0 Å². The maximum absolute atomic E-state index is 12.5. The fourth-order valence-electron chi connectivity index (χ4n) is 2.20. The zero-order valence-corrected chi connectivity index (χ0v) is 12.7. The van der Waals surface area contributed by atoms with Gasteiger partial charge in [-0.2, -0.15) is 0 Å². The normalized spacial score (nSPS) is 12.4. The van der Waals surface area contributed by atoms with Crippen LogP contribution in [-0.2, 0) is 16.6 Å². The van der Waals surface area contributed by atoms with Crippen LogP contribution in [0.2, 0.25) is 5.02 Å². The molecular formula is C16H13ClN2OS. The van der Waals surface area contributed by atoms with Crippen molar-refractivity contribution in [1.29, 1.82) is 0 Å². The minimum atomic E-state index is -1.24. The summed E-state index contributed by atoms with van der Waals surface area (Å²) in [7, 11) is -1.24. The molecule has 0 aliphatic carbocycles. The molecule has 2 aromatic carbocycles. The van der Waals surface area contributed by atoms with Crippen molar-refractivity contribution in [1.82, 2.24) is 4.98 Å². The van der Waals surface area contributed by atoms with Crippen molar-refractivity contribution >= 4 is 39.0 Å². The predicted octanol–water partition coefficient (Wildman–Crippen LogP) is 3.78. The van der Waals surface area contributed by atoms with E-state index < -0.39 is 10.8 Å². The second-order valence-corrected chi connectivity index (χ2v) is 6.50. The molecule has 0 amide bonds. The largest absolute Gasteiger partial charge is 0.399 e. The van der Waals surface area contributed by atoms with Crippen LogP contribution in [-0.4, -0.2) is 9.19 Å². The molecule has 1 unspecified atom stereocenters. The zero-order chi connectivity index (χ0) is 14.8. The number of rotatable bonds is 3. The number of hydrogen-bond acceptors (Lipinski definition) is 3. The molecule has 21 heavy (non-hydrogen) atoms. The second-order valence-electron chi connectivity index (χ2n) is 4.67. The highest BCUT2D eigenvalue weighted by molar-refractivity contribution is 7.84. The lowest BCUT2D eigenvalue weighted by atomic mass is 10.1. The Balaban J connectivity index is 1.97. The molecule has 0 saturated heterocycles. The van der Waals surface area contributed by atoms with E-state index in [0.717, 1.165) is 16.5 Å². The van der Waals surface area contributed by atoms with Crippen LogP contribution in [0.1, 0.15) is 5.56 Å². The topological polar surface area (TPSA) is 56.0 Å². The summed E-state index contributed by atoms with van der Waals surface area (Å²) in [6.07, 6.45) is 1.74. The summed E-state index contributed by atoms with van der Waals surface area (Å²) in [6.45, 7) is 0. The third-order valence-corrected chi connectivity index (χ3v) is 5.05. The number of benzene rings is 2. The SMILES string of the molecule is Nc1ccc(S(=O)Cc2cccc3cccnc23)c(Cl)c1. The van der Waals surface area contributed by atoms with Gasteiger partial charge >= 0.3 is 0 Å². The smallest absolute Gasteiger partial charge is 0.0743 e. The molecule has 106 valence electrons. The molecule has 0 radical (unpaired) electrons. The maximum Gasteiger partial charge on any atom is 0.0743 e.